The smallest absolute Gasteiger partial charge is 0.0406 e. The van der Waals surface area contributed by atoms with Crippen LogP contribution in [0.4, 0.5) is 0 Å². The maximum atomic E-state index is 5.99. The summed E-state index contributed by atoms with van der Waals surface area (Å²) in [5.41, 5.74) is 3.17. The number of nitrogens with zero attached hydrogens (tertiary/aromatic N) is 2. The molecule has 2 aliphatic heterocycles. The summed E-state index contributed by atoms with van der Waals surface area (Å²) in [5, 5.41) is 3.09. The van der Waals surface area contributed by atoms with Gasteiger partial charge in [0.1, 0.15) is 0 Å². The van der Waals surface area contributed by atoms with Crippen LogP contribution in [0.15, 0.2) is 35.7 Å². The number of thiophene rings is 1. The molecule has 2 nitrogen and oxygen atoms in total. The zero-order valence-electron chi connectivity index (χ0n) is 13.2. The quantitative estimate of drug-likeness (QED) is 0.809. The molecular weight excluding hydrogens is 324 g/mol. The highest BCUT2D eigenvalue weighted by atomic mass is 35.5. The van der Waals surface area contributed by atoms with Crippen molar-refractivity contribution in [1.29, 1.82) is 0 Å². The topological polar surface area (TPSA) is 6.48 Å². The van der Waals surface area contributed by atoms with Crippen molar-refractivity contribution >= 4 is 22.9 Å². The van der Waals surface area contributed by atoms with Crippen molar-refractivity contribution in [2.75, 3.05) is 19.6 Å². The summed E-state index contributed by atoms with van der Waals surface area (Å²) in [6.45, 7) is 4.97. The lowest BCUT2D eigenvalue weighted by Crippen LogP contribution is -2.79. The molecule has 1 aliphatic carbocycles. The Bertz CT molecular complexity index is 721. The maximum absolute atomic E-state index is 5.99. The van der Waals surface area contributed by atoms with E-state index in [9.17, 15) is 0 Å². The monoisotopic (exact) mass is 344 g/mol. The van der Waals surface area contributed by atoms with Gasteiger partial charge in [-0.1, -0.05) is 23.7 Å². The van der Waals surface area contributed by atoms with Gasteiger partial charge in [-0.05, 0) is 54.0 Å². The second kappa shape index (κ2) is 5.32. The summed E-state index contributed by atoms with van der Waals surface area (Å²) < 4.78 is 0. The molecule has 23 heavy (non-hydrogen) atoms. The van der Waals surface area contributed by atoms with Crippen molar-refractivity contribution in [2.24, 2.45) is 0 Å². The first kappa shape index (κ1) is 14.5. The molecule has 1 aromatic heterocycles. The van der Waals surface area contributed by atoms with Crippen LogP contribution in [0.25, 0.3) is 11.1 Å². The van der Waals surface area contributed by atoms with Crippen LogP contribution in [0.2, 0.25) is 5.02 Å². The largest absolute Gasteiger partial charge is 0.295 e. The Hall–Kier alpha value is -0.870. The molecule has 0 radical (unpaired) electrons. The number of hydrogen-bond acceptors (Lipinski definition) is 3. The summed E-state index contributed by atoms with van der Waals surface area (Å²) in [6, 6.07) is 11.4. The molecule has 5 rings (SSSR count). The van der Waals surface area contributed by atoms with Crippen molar-refractivity contribution in [3.8, 4) is 11.1 Å². The van der Waals surface area contributed by atoms with E-state index in [4.69, 9.17) is 11.6 Å². The van der Waals surface area contributed by atoms with Crippen molar-refractivity contribution < 1.29 is 0 Å². The molecule has 2 unspecified atom stereocenters. The molecule has 0 amide bonds. The van der Waals surface area contributed by atoms with Crippen LogP contribution < -0.4 is 0 Å². The van der Waals surface area contributed by atoms with Crippen LogP contribution in [0.5, 0.6) is 0 Å². The zero-order valence-corrected chi connectivity index (χ0v) is 14.7. The van der Waals surface area contributed by atoms with E-state index in [2.05, 4.69) is 33.4 Å². The third-order valence-corrected chi connectivity index (χ3v) is 7.38. The van der Waals surface area contributed by atoms with E-state index in [1.54, 1.807) is 0 Å². The number of hydrogen-bond donors (Lipinski definition) is 0. The Morgan fingerprint density at radius 2 is 1.96 bits per heavy atom. The van der Waals surface area contributed by atoms with E-state index in [0.29, 0.717) is 5.54 Å². The lowest BCUT2D eigenvalue weighted by molar-refractivity contribution is -0.176. The van der Waals surface area contributed by atoms with E-state index in [1.807, 2.05) is 23.5 Å². The average molecular weight is 345 g/mol. The van der Waals surface area contributed by atoms with Gasteiger partial charge in [-0.25, -0.2) is 0 Å². The fourth-order valence-electron chi connectivity index (χ4n) is 4.73. The minimum atomic E-state index is 0.578. The van der Waals surface area contributed by atoms with Gasteiger partial charge in [-0.15, -0.1) is 11.3 Å². The van der Waals surface area contributed by atoms with Crippen LogP contribution >= 0.6 is 22.9 Å². The summed E-state index contributed by atoms with van der Waals surface area (Å²) in [7, 11) is 0. The molecule has 1 spiro atoms. The standard InChI is InChI=1S/C19H21ClN2S/c20-16-3-1-14(2-4-16)15-11-17(23-13-15)12-21-9-10-22-8-7-19(22)6-5-18(19)21/h1-4,11,13,18H,5-10,12H2. The fraction of sp³-hybridized carbons (Fsp3) is 0.474. The first-order valence-corrected chi connectivity index (χ1v) is 9.83. The average Bonchev–Trinajstić information content (AvgIpc) is 2.93. The number of rotatable bonds is 3. The molecule has 2 aromatic rings. The van der Waals surface area contributed by atoms with Gasteiger partial charge in [0.15, 0.2) is 0 Å². The van der Waals surface area contributed by atoms with E-state index < -0.39 is 0 Å². The van der Waals surface area contributed by atoms with Crippen LogP contribution in [-0.4, -0.2) is 41.0 Å². The highest BCUT2D eigenvalue weighted by molar-refractivity contribution is 7.10. The molecule has 2 saturated heterocycles. The van der Waals surface area contributed by atoms with Gasteiger partial charge in [0.05, 0.1) is 0 Å². The van der Waals surface area contributed by atoms with Gasteiger partial charge in [-0.2, -0.15) is 0 Å². The molecule has 120 valence electrons. The Balaban J connectivity index is 1.33. The number of halogens is 1. The molecule has 2 atom stereocenters. The van der Waals surface area contributed by atoms with Crippen molar-refractivity contribution in [3.05, 3.63) is 45.6 Å². The lowest BCUT2D eigenvalue weighted by atomic mass is 9.61. The van der Waals surface area contributed by atoms with Crippen molar-refractivity contribution in [1.82, 2.24) is 9.80 Å². The number of piperazine rings is 1. The van der Waals surface area contributed by atoms with Gasteiger partial charge in [-0.3, -0.25) is 9.80 Å². The Morgan fingerprint density at radius 3 is 2.65 bits per heavy atom. The molecule has 1 aromatic carbocycles. The Kier molecular flexibility index (Phi) is 3.35. The molecule has 1 saturated carbocycles. The number of benzene rings is 1. The zero-order chi connectivity index (χ0) is 15.4. The molecule has 3 aliphatic rings. The van der Waals surface area contributed by atoms with Crippen LogP contribution in [0.1, 0.15) is 24.1 Å². The van der Waals surface area contributed by atoms with Crippen LogP contribution in [-0.2, 0) is 6.54 Å². The van der Waals surface area contributed by atoms with E-state index in [-0.39, 0.29) is 0 Å². The summed E-state index contributed by atoms with van der Waals surface area (Å²) >= 11 is 7.89. The van der Waals surface area contributed by atoms with Crippen molar-refractivity contribution in [3.63, 3.8) is 0 Å². The highest BCUT2D eigenvalue weighted by Crippen LogP contribution is 2.51. The van der Waals surface area contributed by atoms with Gasteiger partial charge in [0.25, 0.3) is 0 Å². The molecular formula is C19H21ClN2S. The lowest BCUT2D eigenvalue weighted by Gasteiger charge is -2.69. The van der Waals surface area contributed by atoms with Gasteiger partial charge >= 0.3 is 0 Å². The second-order valence-electron chi connectivity index (χ2n) is 7.17. The highest BCUT2D eigenvalue weighted by Gasteiger charge is 2.59. The van der Waals surface area contributed by atoms with E-state index in [0.717, 1.165) is 17.6 Å². The van der Waals surface area contributed by atoms with E-state index in [1.165, 1.54) is 54.9 Å². The first-order valence-electron chi connectivity index (χ1n) is 8.57. The normalized spacial score (nSPS) is 30.2. The molecule has 4 heteroatoms. The van der Waals surface area contributed by atoms with Gasteiger partial charge in [0.2, 0.25) is 0 Å². The van der Waals surface area contributed by atoms with Gasteiger partial charge < -0.3 is 0 Å². The summed E-state index contributed by atoms with van der Waals surface area (Å²) in [4.78, 5) is 6.98. The third kappa shape index (κ3) is 2.21. The molecule has 3 heterocycles. The molecule has 3 fully saturated rings. The minimum absolute atomic E-state index is 0.578. The second-order valence-corrected chi connectivity index (χ2v) is 8.61. The minimum Gasteiger partial charge on any atom is -0.295 e. The Labute approximate surface area is 146 Å². The SMILES string of the molecule is Clc1ccc(-c2csc(CN3CCN4CCC45CCC35)c2)cc1. The molecule has 0 N–H and O–H groups in total. The fourth-order valence-corrected chi connectivity index (χ4v) is 5.78. The first-order chi connectivity index (χ1) is 11.2. The maximum Gasteiger partial charge on any atom is 0.0406 e. The Morgan fingerprint density at radius 1 is 1.09 bits per heavy atom. The summed E-state index contributed by atoms with van der Waals surface area (Å²) in [6.07, 6.45) is 4.25. The van der Waals surface area contributed by atoms with E-state index >= 15 is 0 Å². The predicted molar refractivity (Wildman–Crippen MR) is 97.1 cm³/mol. The molecule has 0 bridgehead atoms. The van der Waals surface area contributed by atoms with Crippen LogP contribution in [0, 0.1) is 0 Å². The van der Waals surface area contributed by atoms with Gasteiger partial charge in [0, 0.05) is 47.7 Å². The summed E-state index contributed by atoms with van der Waals surface area (Å²) in [5.74, 6) is 0. The predicted octanol–water partition coefficient (Wildman–Crippen LogP) is 4.49. The third-order valence-electron chi connectivity index (χ3n) is 6.20. The van der Waals surface area contributed by atoms with Crippen LogP contribution in [0.3, 0.4) is 0 Å². The van der Waals surface area contributed by atoms with Crippen molar-refractivity contribution in [2.45, 2.75) is 37.4 Å².